The first-order chi connectivity index (χ1) is 9.53. The van der Waals surface area contributed by atoms with E-state index in [9.17, 15) is 8.42 Å². The van der Waals surface area contributed by atoms with Crippen molar-refractivity contribution in [3.63, 3.8) is 0 Å². The third kappa shape index (κ3) is 3.17. The van der Waals surface area contributed by atoms with Gasteiger partial charge in [0.1, 0.15) is 0 Å². The lowest BCUT2D eigenvalue weighted by Gasteiger charge is -2.09. The fourth-order valence-corrected chi connectivity index (χ4v) is 2.57. The predicted octanol–water partition coefficient (Wildman–Crippen LogP) is 0.829. The Hall–Kier alpha value is -2.30. The molecule has 0 saturated heterocycles. The lowest BCUT2D eigenvalue weighted by Crippen LogP contribution is -2.14. The molecule has 0 amide bonds. The molecule has 0 bridgehead atoms. The number of nitrogens with zero attached hydrogens (tertiary/aromatic N) is 1. The minimum atomic E-state index is -3.70. The van der Waals surface area contributed by atoms with Crippen molar-refractivity contribution in [1.82, 2.24) is 9.97 Å². The lowest BCUT2D eigenvalue weighted by atomic mass is 10.1. The van der Waals surface area contributed by atoms with Gasteiger partial charge in [0.25, 0.3) is 10.0 Å². The number of hydrogen-bond acceptors (Lipinski definition) is 4. The summed E-state index contributed by atoms with van der Waals surface area (Å²) >= 11 is 0. The summed E-state index contributed by atoms with van der Waals surface area (Å²) in [5.41, 5.74) is 7.32. The van der Waals surface area contributed by atoms with E-state index >= 15 is 0 Å². The standard InChI is InChI=1S/C13H14N4O2S/c1-10-4-5-12(11(7-10)3-2-6-14)17-20(18,19)13-8-15-9-16-13/h4-5,7-9,17H,6,14H2,1H3,(H,15,16). The summed E-state index contributed by atoms with van der Waals surface area (Å²) in [6.45, 7) is 2.11. The molecule has 2 rings (SSSR count). The number of benzene rings is 1. The first-order valence-electron chi connectivity index (χ1n) is 5.84. The van der Waals surface area contributed by atoms with Crippen molar-refractivity contribution >= 4 is 15.7 Å². The van der Waals surface area contributed by atoms with Crippen LogP contribution < -0.4 is 10.5 Å². The Morgan fingerprint density at radius 2 is 2.25 bits per heavy atom. The van der Waals surface area contributed by atoms with Crippen molar-refractivity contribution in [2.75, 3.05) is 11.3 Å². The van der Waals surface area contributed by atoms with Crippen molar-refractivity contribution in [2.24, 2.45) is 5.73 Å². The third-order valence-electron chi connectivity index (χ3n) is 2.51. The molecule has 2 aromatic rings. The molecule has 0 aliphatic heterocycles. The van der Waals surface area contributed by atoms with E-state index in [2.05, 4.69) is 26.5 Å². The normalized spacial score (nSPS) is 10.7. The van der Waals surface area contributed by atoms with Gasteiger partial charge in [-0.3, -0.25) is 4.72 Å². The van der Waals surface area contributed by atoms with E-state index < -0.39 is 10.0 Å². The molecule has 1 aromatic heterocycles. The van der Waals surface area contributed by atoms with Gasteiger partial charge in [-0.1, -0.05) is 17.9 Å². The molecule has 20 heavy (non-hydrogen) atoms. The Kier molecular flexibility index (Phi) is 4.08. The van der Waals surface area contributed by atoms with E-state index in [1.54, 1.807) is 18.2 Å². The van der Waals surface area contributed by atoms with Crippen LogP contribution in [0.15, 0.2) is 35.7 Å². The molecule has 104 valence electrons. The van der Waals surface area contributed by atoms with Crippen LogP contribution in [-0.2, 0) is 10.0 Å². The van der Waals surface area contributed by atoms with Crippen LogP contribution in [0.1, 0.15) is 11.1 Å². The molecule has 0 spiro atoms. The number of aryl methyl sites for hydroxylation is 1. The highest BCUT2D eigenvalue weighted by molar-refractivity contribution is 7.92. The second-order valence-electron chi connectivity index (χ2n) is 4.08. The monoisotopic (exact) mass is 290 g/mol. The number of nitrogens with one attached hydrogen (secondary N) is 2. The average Bonchev–Trinajstić information content (AvgIpc) is 2.93. The topological polar surface area (TPSA) is 101 Å². The van der Waals surface area contributed by atoms with E-state index in [4.69, 9.17) is 5.73 Å². The molecule has 0 radical (unpaired) electrons. The summed E-state index contributed by atoms with van der Waals surface area (Å²) in [7, 11) is -3.70. The van der Waals surface area contributed by atoms with Gasteiger partial charge in [0.15, 0.2) is 5.03 Å². The molecule has 6 nitrogen and oxygen atoms in total. The van der Waals surface area contributed by atoms with E-state index in [0.717, 1.165) is 5.56 Å². The molecule has 7 heteroatoms. The molecule has 4 N–H and O–H groups in total. The molecule has 0 aliphatic carbocycles. The molecule has 0 fully saturated rings. The SMILES string of the molecule is Cc1ccc(NS(=O)(=O)c2cnc[nH]2)c(C#CCN)c1. The quantitative estimate of drug-likeness (QED) is 0.729. The molecule has 0 atom stereocenters. The van der Waals surface area contributed by atoms with Gasteiger partial charge < -0.3 is 10.7 Å². The minimum absolute atomic E-state index is 0.00388. The van der Waals surface area contributed by atoms with E-state index in [1.807, 2.05) is 6.92 Å². The van der Waals surface area contributed by atoms with Crippen LogP contribution in [0.5, 0.6) is 0 Å². The van der Waals surface area contributed by atoms with Gasteiger partial charge in [-0.25, -0.2) is 4.98 Å². The first-order valence-corrected chi connectivity index (χ1v) is 7.32. The van der Waals surface area contributed by atoms with Crippen LogP contribution in [0, 0.1) is 18.8 Å². The maximum absolute atomic E-state index is 12.1. The van der Waals surface area contributed by atoms with Crippen LogP contribution in [0.2, 0.25) is 0 Å². The maximum Gasteiger partial charge on any atom is 0.279 e. The van der Waals surface area contributed by atoms with Crippen LogP contribution in [-0.4, -0.2) is 24.9 Å². The second kappa shape index (κ2) is 5.77. The summed E-state index contributed by atoms with van der Waals surface area (Å²) in [4.78, 5) is 6.25. The molecular weight excluding hydrogens is 276 g/mol. The second-order valence-corrected chi connectivity index (χ2v) is 5.73. The Balaban J connectivity index is 2.39. The molecular formula is C13H14N4O2S. The zero-order chi connectivity index (χ0) is 14.6. The number of sulfonamides is 1. The van der Waals surface area contributed by atoms with Gasteiger partial charge in [0.2, 0.25) is 0 Å². The largest absolute Gasteiger partial charge is 0.334 e. The number of aromatic amines is 1. The van der Waals surface area contributed by atoms with Crippen molar-refractivity contribution in [3.05, 3.63) is 41.9 Å². The summed E-state index contributed by atoms with van der Waals surface area (Å²) < 4.78 is 26.7. The van der Waals surface area contributed by atoms with Crippen molar-refractivity contribution in [3.8, 4) is 11.8 Å². The van der Waals surface area contributed by atoms with Crippen LogP contribution >= 0.6 is 0 Å². The number of aromatic nitrogens is 2. The van der Waals surface area contributed by atoms with Crippen molar-refractivity contribution in [2.45, 2.75) is 11.9 Å². The third-order valence-corrected chi connectivity index (χ3v) is 3.80. The highest BCUT2D eigenvalue weighted by atomic mass is 32.2. The van der Waals surface area contributed by atoms with Crippen LogP contribution in [0.4, 0.5) is 5.69 Å². The number of rotatable bonds is 3. The smallest absolute Gasteiger partial charge is 0.279 e. The number of H-pyrrole nitrogens is 1. The Bertz CT molecular complexity index is 755. The van der Waals surface area contributed by atoms with Gasteiger partial charge in [0, 0.05) is 5.56 Å². The number of anilines is 1. The number of nitrogens with two attached hydrogens (primary N) is 1. The summed E-state index contributed by atoms with van der Waals surface area (Å²) in [5, 5.41) is -0.00388. The zero-order valence-electron chi connectivity index (χ0n) is 10.8. The maximum atomic E-state index is 12.1. The minimum Gasteiger partial charge on any atom is -0.334 e. The van der Waals surface area contributed by atoms with Crippen molar-refractivity contribution in [1.29, 1.82) is 0 Å². The molecule has 0 unspecified atom stereocenters. The molecule has 1 heterocycles. The van der Waals surface area contributed by atoms with Crippen LogP contribution in [0.3, 0.4) is 0 Å². The highest BCUT2D eigenvalue weighted by Crippen LogP contribution is 2.19. The number of imidazole rings is 1. The fraction of sp³-hybridized carbons (Fsp3) is 0.154. The fourth-order valence-electron chi connectivity index (χ4n) is 1.59. The van der Waals surface area contributed by atoms with Gasteiger partial charge in [-0.15, -0.1) is 0 Å². The first kappa shape index (κ1) is 14.1. The average molecular weight is 290 g/mol. The Morgan fingerprint density at radius 1 is 1.45 bits per heavy atom. The van der Waals surface area contributed by atoms with E-state index in [1.165, 1.54) is 12.5 Å². The van der Waals surface area contributed by atoms with E-state index in [-0.39, 0.29) is 11.6 Å². The molecule has 0 aliphatic rings. The Labute approximate surface area is 117 Å². The lowest BCUT2D eigenvalue weighted by molar-refractivity contribution is 0.598. The van der Waals surface area contributed by atoms with E-state index in [0.29, 0.717) is 11.3 Å². The van der Waals surface area contributed by atoms with Crippen molar-refractivity contribution < 1.29 is 8.42 Å². The van der Waals surface area contributed by atoms with Gasteiger partial charge in [-0.05, 0) is 24.6 Å². The van der Waals surface area contributed by atoms with Gasteiger partial charge in [-0.2, -0.15) is 8.42 Å². The summed E-state index contributed by atoms with van der Waals surface area (Å²) in [6.07, 6.45) is 2.54. The van der Waals surface area contributed by atoms with Crippen LogP contribution in [0.25, 0.3) is 0 Å². The predicted molar refractivity (Wildman–Crippen MR) is 76.5 cm³/mol. The Morgan fingerprint density at radius 3 is 2.90 bits per heavy atom. The molecule has 0 saturated carbocycles. The molecule has 1 aromatic carbocycles. The highest BCUT2D eigenvalue weighted by Gasteiger charge is 2.16. The summed E-state index contributed by atoms with van der Waals surface area (Å²) in [5.74, 6) is 5.57. The van der Waals surface area contributed by atoms with Gasteiger partial charge in [0.05, 0.1) is 24.8 Å². The summed E-state index contributed by atoms with van der Waals surface area (Å²) in [6, 6.07) is 5.27. The zero-order valence-corrected chi connectivity index (χ0v) is 11.7. The van der Waals surface area contributed by atoms with Gasteiger partial charge >= 0.3 is 0 Å². The number of hydrogen-bond donors (Lipinski definition) is 3.